The number of aromatic amines is 1. The molecule has 16 heteroatoms. The van der Waals surface area contributed by atoms with E-state index in [9.17, 15) is 24.1 Å². The summed E-state index contributed by atoms with van der Waals surface area (Å²) in [4.78, 5) is 47.6. The van der Waals surface area contributed by atoms with Crippen LogP contribution < -0.4 is 26.6 Å². The summed E-state index contributed by atoms with van der Waals surface area (Å²) < 4.78 is 32.9. The lowest BCUT2D eigenvalue weighted by molar-refractivity contribution is -0.148. The molecule has 2 aromatic heterocycles. The fourth-order valence-corrected chi connectivity index (χ4v) is 6.00. The highest BCUT2D eigenvalue weighted by atomic mass is 31.2. The second-order valence-electron chi connectivity index (χ2n) is 11.6. The van der Waals surface area contributed by atoms with Crippen LogP contribution in [0.2, 0.25) is 0 Å². The number of carboxylic acid groups (broad SMARTS) is 1. The van der Waals surface area contributed by atoms with Crippen molar-refractivity contribution in [2.45, 2.75) is 52.6 Å². The lowest BCUT2D eigenvalue weighted by atomic mass is 10.1. The van der Waals surface area contributed by atoms with E-state index in [0.29, 0.717) is 12.0 Å². The van der Waals surface area contributed by atoms with Gasteiger partial charge in [0, 0.05) is 6.20 Å². The maximum absolute atomic E-state index is 14.1. The lowest BCUT2D eigenvalue weighted by Gasteiger charge is -2.26. The molecule has 238 valence electrons. The molecule has 2 heterocycles. The number of aliphatic carboxylic acids is 1. The lowest BCUT2D eigenvalue weighted by Crippen LogP contribution is -2.39. The summed E-state index contributed by atoms with van der Waals surface area (Å²) in [5.41, 5.74) is 11.2. The van der Waals surface area contributed by atoms with Gasteiger partial charge in [-0.3, -0.25) is 28.5 Å². The number of nitrogens with one attached hydrogen (secondary N) is 2. The van der Waals surface area contributed by atoms with Crippen molar-refractivity contribution in [3.8, 4) is 5.75 Å². The van der Waals surface area contributed by atoms with E-state index in [1.54, 1.807) is 50.4 Å². The van der Waals surface area contributed by atoms with Crippen LogP contribution in [0, 0.1) is 17.3 Å². The summed E-state index contributed by atoms with van der Waals surface area (Å²) in [5, 5.41) is 12.4. The Labute approximate surface area is 253 Å². The summed E-state index contributed by atoms with van der Waals surface area (Å²) in [6, 6.07) is 6.12. The standard InChI is InChI=1S/C28H38N7O8P/c1-16(2)10-20(25(37)38)34-44(40,43-19-8-6-5-7-9-19)42-14-28(13-41-26(39)21(29)17(3)4)11-18(28)12-35-15-31-22-23(35)32-27(30)33-24(22)36/h5-9,12,15-17,20-21H,10-11,13-14,29H2,1-4H3,(H,34,40)(H,37,38)(H3,30,32,33,36)/b18-12-/t20?,21?,28?,44-/m0/s1. The van der Waals surface area contributed by atoms with Crippen molar-refractivity contribution in [3.63, 3.8) is 0 Å². The Hall–Kier alpha value is -4.04. The van der Waals surface area contributed by atoms with E-state index in [0.717, 1.165) is 0 Å². The molecule has 7 N–H and O–H groups in total. The minimum Gasteiger partial charge on any atom is -0.480 e. The van der Waals surface area contributed by atoms with E-state index in [1.165, 1.54) is 10.9 Å². The maximum atomic E-state index is 14.1. The van der Waals surface area contributed by atoms with Crippen LogP contribution in [-0.4, -0.2) is 61.9 Å². The first-order valence-electron chi connectivity index (χ1n) is 14.1. The molecule has 1 aliphatic carbocycles. The molecule has 15 nitrogen and oxygen atoms in total. The molecule has 1 aromatic carbocycles. The number of ether oxygens (including phenoxy) is 1. The molecule has 44 heavy (non-hydrogen) atoms. The van der Waals surface area contributed by atoms with Crippen LogP contribution >= 0.6 is 7.75 Å². The molecule has 3 aromatic rings. The molecule has 4 rings (SSSR count). The van der Waals surface area contributed by atoms with Crippen LogP contribution in [0.3, 0.4) is 0 Å². The number of carbonyl (C=O) groups excluding carboxylic acids is 1. The van der Waals surface area contributed by atoms with Crippen molar-refractivity contribution in [1.29, 1.82) is 0 Å². The van der Waals surface area contributed by atoms with E-state index >= 15 is 0 Å². The summed E-state index contributed by atoms with van der Waals surface area (Å²) in [6.45, 7) is 6.79. The number of carboxylic acids is 1. The van der Waals surface area contributed by atoms with E-state index in [2.05, 4.69) is 20.0 Å². The SMILES string of the molecule is CC(C)CC(N[P@](=O)(OCC1(COC(=O)C(N)C(C)C)C/C1=C/n1cnc2c(=O)[nH]c(N)nc21)Oc1ccccc1)C(=O)O. The molecule has 1 aliphatic rings. The number of carbonyl (C=O) groups is 2. The van der Waals surface area contributed by atoms with Crippen LogP contribution in [0.5, 0.6) is 5.75 Å². The number of aromatic nitrogens is 4. The van der Waals surface area contributed by atoms with Crippen molar-refractivity contribution in [2.24, 2.45) is 23.0 Å². The molecule has 0 spiro atoms. The van der Waals surface area contributed by atoms with E-state index < -0.39 is 42.7 Å². The number of hydrogen-bond donors (Lipinski definition) is 5. The third-order valence-corrected chi connectivity index (χ3v) is 8.66. The maximum Gasteiger partial charge on any atom is 0.459 e. The Morgan fingerprint density at radius 2 is 1.93 bits per heavy atom. The average molecular weight is 632 g/mol. The summed E-state index contributed by atoms with van der Waals surface area (Å²) in [6.07, 6.45) is 3.52. The van der Waals surface area contributed by atoms with Crippen LogP contribution in [0.1, 0.15) is 40.5 Å². The number of nitrogens with zero attached hydrogens (tertiary/aromatic N) is 3. The zero-order valence-corrected chi connectivity index (χ0v) is 25.8. The molecule has 3 unspecified atom stereocenters. The van der Waals surface area contributed by atoms with Gasteiger partial charge in [-0.25, -0.2) is 9.55 Å². The van der Waals surface area contributed by atoms with Gasteiger partial charge in [-0.2, -0.15) is 10.1 Å². The number of benzene rings is 1. The van der Waals surface area contributed by atoms with Gasteiger partial charge < -0.3 is 25.8 Å². The molecule has 0 amide bonds. The monoisotopic (exact) mass is 631 g/mol. The van der Waals surface area contributed by atoms with Crippen molar-refractivity contribution >= 4 is 43.0 Å². The first-order chi connectivity index (χ1) is 20.7. The molecule has 0 saturated heterocycles. The van der Waals surface area contributed by atoms with E-state index in [-0.39, 0.29) is 54.3 Å². The quantitative estimate of drug-likeness (QED) is 0.120. The van der Waals surface area contributed by atoms with Crippen LogP contribution in [0.4, 0.5) is 5.95 Å². The molecule has 1 fully saturated rings. The van der Waals surface area contributed by atoms with Gasteiger partial charge in [-0.05, 0) is 42.4 Å². The Bertz CT molecular complexity index is 1640. The van der Waals surface area contributed by atoms with Crippen molar-refractivity contribution in [1.82, 2.24) is 24.6 Å². The molecule has 1 saturated carbocycles. The molecular formula is C28H38N7O8P. The number of fused-ring (bicyclic) bond motifs is 1. The number of para-hydroxylation sites is 1. The number of H-pyrrole nitrogens is 1. The number of anilines is 1. The minimum absolute atomic E-state index is 0.0393. The van der Waals surface area contributed by atoms with Crippen LogP contribution in [0.25, 0.3) is 17.4 Å². The molecule has 0 radical (unpaired) electrons. The molecular weight excluding hydrogens is 593 g/mol. The number of imidazole rings is 1. The van der Waals surface area contributed by atoms with Gasteiger partial charge in [-0.15, -0.1) is 0 Å². The molecule has 4 atom stereocenters. The Kier molecular flexibility index (Phi) is 9.94. The highest BCUT2D eigenvalue weighted by Gasteiger charge is 2.53. The Balaban J connectivity index is 1.65. The number of nitrogen functional groups attached to an aromatic ring is 1. The van der Waals surface area contributed by atoms with Gasteiger partial charge in [0.2, 0.25) is 5.95 Å². The summed E-state index contributed by atoms with van der Waals surface area (Å²) in [5.74, 6) is -1.94. The van der Waals surface area contributed by atoms with Crippen molar-refractivity contribution in [3.05, 3.63) is 52.6 Å². The van der Waals surface area contributed by atoms with E-state index in [4.69, 9.17) is 25.3 Å². The van der Waals surface area contributed by atoms with Gasteiger partial charge in [0.25, 0.3) is 5.56 Å². The number of hydrogen-bond acceptors (Lipinski definition) is 11. The van der Waals surface area contributed by atoms with E-state index in [1.807, 2.05) is 13.8 Å². The van der Waals surface area contributed by atoms with Crippen LogP contribution in [0.15, 0.2) is 47.0 Å². The number of nitrogens with two attached hydrogens (primary N) is 2. The smallest absolute Gasteiger partial charge is 0.459 e. The third kappa shape index (κ3) is 7.91. The Morgan fingerprint density at radius 1 is 1.23 bits per heavy atom. The van der Waals surface area contributed by atoms with Gasteiger partial charge in [0.15, 0.2) is 11.2 Å². The normalized spacial score (nSPS) is 20.0. The second-order valence-corrected chi connectivity index (χ2v) is 13.3. The fraction of sp³-hybridized carbons (Fsp3) is 0.464. The third-order valence-electron chi connectivity index (χ3n) is 7.11. The van der Waals surface area contributed by atoms with Gasteiger partial charge in [0.1, 0.15) is 30.8 Å². The molecule has 0 aliphatic heterocycles. The fourth-order valence-electron chi connectivity index (χ4n) is 4.40. The first kappa shape index (κ1) is 32.9. The average Bonchev–Trinajstić information content (AvgIpc) is 3.49. The zero-order chi connectivity index (χ0) is 32.2. The summed E-state index contributed by atoms with van der Waals surface area (Å²) in [7, 11) is -4.31. The number of esters is 1. The van der Waals surface area contributed by atoms with Gasteiger partial charge in [-0.1, -0.05) is 45.9 Å². The Morgan fingerprint density at radius 3 is 2.57 bits per heavy atom. The predicted molar refractivity (Wildman–Crippen MR) is 162 cm³/mol. The predicted octanol–water partition coefficient (Wildman–Crippen LogP) is 2.75. The van der Waals surface area contributed by atoms with Gasteiger partial charge >= 0.3 is 19.7 Å². The summed E-state index contributed by atoms with van der Waals surface area (Å²) >= 11 is 0. The number of rotatable bonds is 15. The second kappa shape index (κ2) is 13.3. The first-order valence-corrected chi connectivity index (χ1v) is 15.6. The highest BCUT2D eigenvalue weighted by molar-refractivity contribution is 7.52. The minimum atomic E-state index is -4.31. The zero-order valence-electron chi connectivity index (χ0n) is 24.9. The topological polar surface area (TPSA) is 227 Å². The van der Waals surface area contributed by atoms with Gasteiger partial charge in [0.05, 0.1) is 12.0 Å². The molecule has 0 bridgehead atoms. The van der Waals surface area contributed by atoms with Crippen molar-refractivity contribution < 1.29 is 33.0 Å². The largest absolute Gasteiger partial charge is 0.480 e. The van der Waals surface area contributed by atoms with Crippen molar-refractivity contribution in [2.75, 3.05) is 18.9 Å². The van der Waals surface area contributed by atoms with Crippen LogP contribution in [-0.2, 0) is 23.4 Å². The highest BCUT2D eigenvalue weighted by Crippen LogP contribution is 2.56.